The van der Waals surface area contributed by atoms with E-state index in [-0.39, 0.29) is 16.4 Å². The molecule has 2 aromatic carbocycles. The van der Waals surface area contributed by atoms with E-state index in [0.29, 0.717) is 23.3 Å². The van der Waals surface area contributed by atoms with E-state index in [1.807, 2.05) is 56.3 Å². The molecule has 160 valence electrons. The van der Waals surface area contributed by atoms with Crippen LogP contribution in [0.2, 0.25) is 0 Å². The highest BCUT2D eigenvalue weighted by atomic mass is 32.2. The van der Waals surface area contributed by atoms with E-state index >= 15 is 0 Å². The molecule has 1 N–H and O–H groups in total. The van der Waals surface area contributed by atoms with Gasteiger partial charge in [0.2, 0.25) is 10.0 Å². The second-order valence-corrected chi connectivity index (χ2v) is 10.5. The number of nitrogens with one attached hydrogen (secondary N) is 1. The number of rotatable bonds is 6. The fourth-order valence-electron chi connectivity index (χ4n) is 4.08. The average molecular weight is 452 g/mol. The fraction of sp³-hybridized carbons (Fsp3) is 0.333. The molecule has 0 saturated heterocycles. The van der Waals surface area contributed by atoms with Crippen LogP contribution in [0.4, 0.5) is 0 Å². The summed E-state index contributed by atoms with van der Waals surface area (Å²) in [6.45, 7) is 5.72. The number of thioether (sulfide) groups is 1. The second-order valence-electron chi connectivity index (χ2n) is 7.71. The van der Waals surface area contributed by atoms with Crippen molar-refractivity contribution in [3.05, 3.63) is 64.7 Å². The van der Waals surface area contributed by atoms with Gasteiger partial charge in [0, 0.05) is 22.6 Å². The lowest BCUT2D eigenvalue weighted by atomic mass is 9.83. The maximum atomic E-state index is 13.3. The van der Waals surface area contributed by atoms with Gasteiger partial charge in [-0.05, 0) is 49.1 Å². The van der Waals surface area contributed by atoms with Crippen molar-refractivity contribution in [3.8, 4) is 12.1 Å². The van der Waals surface area contributed by atoms with Crippen LogP contribution in [-0.2, 0) is 10.0 Å². The molecular formula is C24H25N3O2S2. The zero-order chi connectivity index (χ0) is 22.6. The number of hydrogen-bond donors (Lipinski definition) is 1. The Kier molecular flexibility index (Phi) is 7.23. The summed E-state index contributed by atoms with van der Waals surface area (Å²) in [4.78, 5) is 1.26. The molecule has 31 heavy (non-hydrogen) atoms. The first-order chi connectivity index (χ1) is 14.8. The summed E-state index contributed by atoms with van der Waals surface area (Å²) < 4.78 is 29.5. The fourth-order valence-corrected chi connectivity index (χ4v) is 6.88. The Balaban J connectivity index is 2.07. The monoisotopic (exact) mass is 451 g/mol. The molecule has 0 fully saturated rings. The van der Waals surface area contributed by atoms with Gasteiger partial charge in [-0.3, -0.25) is 0 Å². The summed E-state index contributed by atoms with van der Waals surface area (Å²) in [5.41, 5.74) is 3.22. The van der Waals surface area contributed by atoms with Gasteiger partial charge < -0.3 is 0 Å². The third-order valence-electron chi connectivity index (χ3n) is 5.47. The number of sulfonamides is 1. The van der Waals surface area contributed by atoms with Crippen molar-refractivity contribution in [3.63, 3.8) is 0 Å². The van der Waals surface area contributed by atoms with Gasteiger partial charge in [0.05, 0.1) is 4.90 Å². The van der Waals surface area contributed by atoms with E-state index in [1.165, 1.54) is 0 Å². The number of aryl methyl sites for hydroxylation is 2. The van der Waals surface area contributed by atoms with E-state index in [4.69, 9.17) is 0 Å². The molecule has 1 aliphatic heterocycles. The number of fused-ring (bicyclic) bond motifs is 1. The quantitative estimate of drug-likeness (QED) is 0.626. The Hall–Kier alpha value is -2.58. The minimum atomic E-state index is -3.77. The van der Waals surface area contributed by atoms with Crippen molar-refractivity contribution in [2.24, 2.45) is 5.92 Å². The van der Waals surface area contributed by atoms with Gasteiger partial charge in [-0.1, -0.05) is 49.2 Å². The van der Waals surface area contributed by atoms with Crippen molar-refractivity contribution >= 4 is 27.4 Å². The van der Waals surface area contributed by atoms with Crippen LogP contribution in [0.25, 0.3) is 5.57 Å². The maximum absolute atomic E-state index is 13.3. The largest absolute Gasteiger partial charge is 0.241 e. The highest BCUT2D eigenvalue weighted by Crippen LogP contribution is 2.44. The lowest BCUT2D eigenvalue weighted by molar-refractivity contribution is 0.461. The standard InChI is InChI=1S/C24H25N3O2S2/c1-4-7-21(27-31(28,29)23-11-10-16(2)12-17(23)3)20-15-30-22-9-6-5-8-19(22)24(20)18(13-25)14-26/h5-6,8-12,20-21,27H,4,7,15H2,1-3H3/t20-,21-/m0/s1. The summed E-state index contributed by atoms with van der Waals surface area (Å²) in [5.74, 6) is 0.314. The molecule has 7 heteroatoms. The molecule has 0 spiro atoms. The van der Waals surface area contributed by atoms with Crippen molar-refractivity contribution < 1.29 is 8.42 Å². The van der Waals surface area contributed by atoms with Crippen LogP contribution in [0.3, 0.4) is 0 Å². The first-order valence-corrected chi connectivity index (χ1v) is 12.7. The van der Waals surface area contributed by atoms with Gasteiger partial charge in [-0.2, -0.15) is 10.5 Å². The third-order valence-corrected chi connectivity index (χ3v) is 8.31. The molecule has 1 heterocycles. The number of benzene rings is 2. The lowest BCUT2D eigenvalue weighted by Gasteiger charge is -2.34. The van der Waals surface area contributed by atoms with E-state index in [0.717, 1.165) is 22.4 Å². The summed E-state index contributed by atoms with van der Waals surface area (Å²) in [6, 6.07) is 16.6. The predicted octanol–water partition coefficient (Wildman–Crippen LogP) is 4.97. The molecular weight excluding hydrogens is 426 g/mol. The van der Waals surface area contributed by atoms with Crippen molar-refractivity contribution in [1.29, 1.82) is 10.5 Å². The molecule has 0 aliphatic carbocycles. The zero-order valence-electron chi connectivity index (χ0n) is 17.8. The lowest BCUT2D eigenvalue weighted by Crippen LogP contribution is -2.42. The summed E-state index contributed by atoms with van der Waals surface area (Å²) in [5, 5.41) is 19.3. The first-order valence-electron chi connectivity index (χ1n) is 10.2. The summed E-state index contributed by atoms with van der Waals surface area (Å²) in [7, 11) is -3.77. The number of nitrogens with zero attached hydrogens (tertiary/aromatic N) is 2. The molecule has 3 rings (SSSR count). The first kappa shape index (κ1) is 23.1. The van der Waals surface area contributed by atoms with E-state index in [1.54, 1.807) is 30.8 Å². The average Bonchev–Trinajstić information content (AvgIpc) is 2.74. The molecule has 0 saturated carbocycles. The van der Waals surface area contributed by atoms with Crippen LogP contribution >= 0.6 is 11.8 Å². The van der Waals surface area contributed by atoms with Crippen LogP contribution in [0.1, 0.15) is 36.5 Å². The smallest absolute Gasteiger partial charge is 0.207 e. The van der Waals surface area contributed by atoms with Gasteiger partial charge in [0.25, 0.3) is 0 Å². The molecule has 0 amide bonds. The number of hydrogen-bond acceptors (Lipinski definition) is 5. The van der Waals surface area contributed by atoms with Gasteiger partial charge in [0.1, 0.15) is 17.7 Å². The molecule has 2 atom stereocenters. The zero-order valence-corrected chi connectivity index (χ0v) is 19.5. The van der Waals surface area contributed by atoms with Crippen LogP contribution in [0.15, 0.2) is 57.8 Å². The second kappa shape index (κ2) is 9.70. The van der Waals surface area contributed by atoms with Gasteiger partial charge in [0.15, 0.2) is 0 Å². The Morgan fingerprint density at radius 3 is 2.55 bits per heavy atom. The maximum Gasteiger partial charge on any atom is 0.241 e. The Morgan fingerprint density at radius 2 is 1.90 bits per heavy atom. The highest BCUT2D eigenvalue weighted by molar-refractivity contribution is 7.99. The molecule has 2 aromatic rings. The predicted molar refractivity (Wildman–Crippen MR) is 124 cm³/mol. The van der Waals surface area contributed by atoms with Gasteiger partial charge in [-0.25, -0.2) is 13.1 Å². The minimum Gasteiger partial charge on any atom is -0.207 e. The summed E-state index contributed by atoms with van der Waals surface area (Å²) in [6.07, 6.45) is 1.37. The van der Waals surface area contributed by atoms with Crippen LogP contribution in [0.5, 0.6) is 0 Å². The van der Waals surface area contributed by atoms with Gasteiger partial charge >= 0.3 is 0 Å². The topological polar surface area (TPSA) is 93.8 Å². The normalized spacial score (nSPS) is 16.7. The number of allylic oxidation sites excluding steroid dienone is 1. The Labute approximate surface area is 188 Å². The molecule has 0 aromatic heterocycles. The van der Waals surface area contributed by atoms with E-state index in [9.17, 15) is 18.9 Å². The molecule has 0 bridgehead atoms. The van der Waals surface area contributed by atoms with E-state index < -0.39 is 16.1 Å². The van der Waals surface area contributed by atoms with Crippen molar-refractivity contribution in [1.82, 2.24) is 4.72 Å². The minimum absolute atomic E-state index is 0.0459. The Morgan fingerprint density at radius 1 is 1.19 bits per heavy atom. The van der Waals surface area contributed by atoms with E-state index in [2.05, 4.69) is 4.72 Å². The van der Waals surface area contributed by atoms with Crippen LogP contribution in [0, 0.1) is 42.4 Å². The third kappa shape index (κ3) is 4.85. The van der Waals surface area contributed by atoms with Crippen molar-refractivity contribution in [2.75, 3.05) is 5.75 Å². The van der Waals surface area contributed by atoms with Crippen LogP contribution < -0.4 is 4.72 Å². The molecule has 0 radical (unpaired) electrons. The van der Waals surface area contributed by atoms with Crippen LogP contribution in [-0.4, -0.2) is 20.2 Å². The highest BCUT2D eigenvalue weighted by Gasteiger charge is 2.35. The van der Waals surface area contributed by atoms with Crippen molar-refractivity contribution in [2.45, 2.75) is 49.4 Å². The molecule has 0 unspecified atom stereocenters. The molecule has 1 aliphatic rings. The summed E-state index contributed by atoms with van der Waals surface area (Å²) >= 11 is 1.63. The SMILES string of the molecule is CCC[C@H](NS(=O)(=O)c1ccc(C)cc1C)[C@@H]1CSc2ccccc2C1=C(C#N)C#N. The Bertz CT molecular complexity index is 1190. The van der Waals surface area contributed by atoms with Gasteiger partial charge in [-0.15, -0.1) is 11.8 Å². The number of nitriles is 2. The molecule has 5 nitrogen and oxygen atoms in total.